The van der Waals surface area contributed by atoms with E-state index in [1.165, 1.54) is 28.5 Å². The molecule has 1 aromatic heterocycles. The molecule has 0 bridgehead atoms. The number of nitrogens with zero attached hydrogens (tertiary/aromatic N) is 2. The zero-order valence-electron chi connectivity index (χ0n) is 18.1. The number of benzene rings is 1. The number of fused-ring (bicyclic) bond motifs is 1. The van der Waals surface area contributed by atoms with Crippen LogP contribution in [0.25, 0.3) is 6.08 Å². The summed E-state index contributed by atoms with van der Waals surface area (Å²) in [5, 5.41) is 13.6. The zero-order chi connectivity index (χ0) is 23.6. The molecular weight excluding hydrogens is 521 g/mol. The largest absolute Gasteiger partial charge is 0.480 e. The maximum absolute atomic E-state index is 13.3. The highest BCUT2D eigenvalue weighted by atomic mass is 35.5. The summed E-state index contributed by atoms with van der Waals surface area (Å²) in [5.74, 6) is -1.74. The number of carboxylic acids is 1. The van der Waals surface area contributed by atoms with Gasteiger partial charge in [0.2, 0.25) is 15.9 Å². The molecule has 184 valence electrons. The monoisotopic (exact) mass is 545 g/mol. The van der Waals surface area contributed by atoms with E-state index >= 15 is 0 Å². The van der Waals surface area contributed by atoms with Crippen LogP contribution in [-0.2, 0) is 32.6 Å². The molecule has 1 saturated heterocycles. The van der Waals surface area contributed by atoms with Crippen LogP contribution in [0.2, 0.25) is 4.34 Å². The first-order chi connectivity index (χ1) is 15.7. The predicted molar refractivity (Wildman–Crippen MR) is 136 cm³/mol. The summed E-state index contributed by atoms with van der Waals surface area (Å²) in [4.78, 5) is 26.9. The Balaban J connectivity index is 0.00000324. The number of amides is 1. The molecular formula is C22H25Cl2N3O5S2. The van der Waals surface area contributed by atoms with Crippen LogP contribution < -0.4 is 10.2 Å². The number of carbonyl (C=O) groups excluding carboxylic acids is 1. The molecule has 0 radical (unpaired) electrons. The summed E-state index contributed by atoms with van der Waals surface area (Å²) >= 11 is 7.08. The number of halogens is 2. The van der Waals surface area contributed by atoms with Crippen molar-refractivity contribution in [1.82, 2.24) is 9.62 Å². The van der Waals surface area contributed by atoms with Crippen molar-refractivity contribution in [1.29, 1.82) is 0 Å². The summed E-state index contributed by atoms with van der Waals surface area (Å²) < 4.78 is 27.3. The zero-order valence-corrected chi connectivity index (χ0v) is 21.4. The van der Waals surface area contributed by atoms with Gasteiger partial charge in [-0.1, -0.05) is 17.7 Å². The summed E-state index contributed by atoms with van der Waals surface area (Å²) in [6.45, 7) is 1.23. The average molecular weight is 546 g/mol. The minimum atomic E-state index is -4.17. The Morgan fingerprint density at radius 1 is 1.29 bits per heavy atom. The Bertz CT molecular complexity index is 1200. The molecule has 0 aliphatic carbocycles. The van der Waals surface area contributed by atoms with Gasteiger partial charge in [-0.25, -0.2) is 8.42 Å². The van der Waals surface area contributed by atoms with Crippen LogP contribution >= 0.6 is 35.3 Å². The van der Waals surface area contributed by atoms with Crippen LogP contribution in [0.1, 0.15) is 28.8 Å². The predicted octanol–water partition coefficient (Wildman–Crippen LogP) is 3.35. The molecule has 0 unspecified atom stereocenters. The fourth-order valence-electron chi connectivity index (χ4n) is 4.16. The lowest BCUT2D eigenvalue weighted by Gasteiger charge is -2.25. The molecule has 3 heterocycles. The topological polar surface area (TPSA) is 107 Å². The lowest BCUT2D eigenvalue weighted by Crippen LogP contribution is -2.46. The highest BCUT2D eigenvalue weighted by Crippen LogP contribution is 2.29. The number of carboxylic acid groups (broad SMARTS) is 1. The van der Waals surface area contributed by atoms with Crippen molar-refractivity contribution in [3.8, 4) is 0 Å². The van der Waals surface area contributed by atoms with E-state index in [-0.39, 0.29) is 18.8 Å². The first kappa shape index (κ1) is 26.7. The van der Waals surface area contributed by atoms with Crippen molar-refractivity contribution >= 4 is 69.0 Å². The van der Waals surface area contributed by atoms with E-state index in [9.17, 15) is 23.1 Å². The fourth-order valence-corrected chi connectivity index (χ4v) is 6.53. The van der Waals surface area contributed by atoms with Crippen molar-refractivity contribution in [2.45, 2.75) is 31.8 Å². The summed E-state index contributed by atoms with van der Waals surface area (Å²) in [5.41, 5.74) is 3.06. The molecule has 1 amide bonds. The number of sulfonamides is 1. The van der Waals surface area contributed by atoms with Crippen molar-refractivity contribution in [3.63, 3.8) is 0 Å². The Morgan fingerprint density at radius 3 is 2.79 bits per heavy atom. The van der Waals surface area contributed by atoms with Crippen molar-refractivity contribution in [2.24, 2.45) is 0 Å². The van der Waals surface area contributed by atoms with Crippen LogP contribution in [0, 0.1) is 0 Å². The molecule has 1 atom stereocenters. The maximum Gasteiger partial charge on any atom is 0.318 e. The third-order valence-corrected chi connectivity index (χ3v) is 8.47. The van der Waals surface area contributed by atoms with Crippen molar-refractivity contribution < 1.29 is 23.1 Å². The normalized spacial score (nSPS) is 18.7. The number of thiophene rings is 1. The summed E-state index contributed by atoms with van der Waals surface area (Å²) in [6, 6.07) is 8.06. The number of aliphatic carboxylic acids is 1. The number of hydrogen-bond acceptors (Lipinski definition) is 6. The molecule has 0 saturated carbocycles. The third-order valence-electron chi connectivity index (χ3n) is 5.76. The Labute approximate surface area is 213 Å². The van der Waals surface area contributed by atoms with E-state index in [0.717, 1.165) is 35.6 Å². The number of nitrogens with one attached hydrogen (secondary N) is 1. The number of anilines is 1. The highest BCUT2D eigenvalue weighted by Gasteiger charge is 2.42. The maximum atomic E-state index is 13.3. The number of hydrogen-bond donors (Lipinski definition) is 2. The van der Waals surface area contributed by atoms with Crippen LogP contribution in [0.5, 0.6) is 0 Å². The van der Waals surface area contributed by atoms with Crippen LogP contribution in [0.3, 0.4) is 0 Å². The van der Waals surface area contributed by atoms with E-state index in [1.807, 2.05) is 18.2 Å². The van der Waals surface area contributed by atoms with Gasteiger partial charge in [0, 0.05) is 29.1 Å². The van der Waals surface area contributed by atoms with Gasteiger partial charge >= 0.3 is 5.97 Å². The molecule has 2 aromatic rings. The first-order valence-electron chi connectivity index (χ1n) is 10.6. The van der Waals surface area contributed by atoms with Gasteiger partial charge in [0.25, 0.3) is 0 Å². The second-order valence-corrected chi connectivity index (χ2v) is 11.5. The van der Waals surface area contributed by atoms with Gasteiger partial charge in [0.05, 0.1) is 4.34 Å². The van der Waals surface area contributed by atoms with Gasteiger partial charge in [-0.05, 0) is 67.3 Å². The van der Waals surface area contributed by atoms with Crippen molar-refractivity contribution in [3.05, 3.63) is 56.1 Å². The minimum absolute atomic E-state index is 0. The lowest BCUT2D eigenvalue weighted by atomic mass is 10.0. The van der Waals surface area contributed by atoms with Crippen LogP contribution in [-0.4, -0.2) is 55.4 Å². The molecule has 0 spiro atoms. The third kappa shape index (κ3) is 5.99. The average Bonchev–Trinajstić information content (AvgIpc) is 3.27. The van der Waals surface area contributed by atoms with Gasteiger partial charge in [-0.15, -0.1) is 23.7 Å². The minimum Gasteiger partial charge on any atom is -0.480 e. The highest BCUT2D eigenvalue weighted by molar-refractivity contribution is 7.92. The van der Waals surface area contributed by atoms with E-state index in [0.29, 0.717) is 21.4 Å². The van der Waals surface area contributed by atoms with Gasteiger partial charge in [0.15, 0.2) is 0 Å². The van der Waals surface area contributed by atoms with Gasteiger partial charge in [0.1, 0.15) is 12.6 Å². The first-order valence-corrected chi connectivity index (χ1v) is 13.3. The van der Waals surface area contributed by atoms with Gasteiger partial charge in [-0.3, -0.25) is 9.59 Å². The number of carbonyl (C=O) groups is 2. The molecule has 8 nitrogen and oxygen atoms in total. The molecule has 1 aromatic carbocycles. The van der Waals surface area contributed by atoms with E-state index in [1.54, 1.807) is 17.0 Å². The Hall–Kier alpha value is -1.95. The SMILES string of the molecule is Cl.O=C(O)CN([C@H]1CCN(c2ccc3c(c2)CCCNC3)C1=O)S(=O)(=O)C=Cc1ccc(Cl)s1. The summed E-state index contributed by atoms with van der Waals surface area (Å²) in [7, 11) is -4.17. The Morgan fingerprint density at radius 2 is 2.09 bits per heavy atom. The molecule has 1 fully saturated rings. The summed E-state index contributed by atoms with van der Waals surface area (Å²) in [6.07, 6.45) is 3.47. The molecule has 2 aliphatic heterocycles. The van der Waals surface area contributed by atoms with E-state index in [4.69, 9.17) is 11.6 Å². The molecule has 12 heteroatoms. The lowest BCUT2D eigenvalue weighted by molar-refractivity contribution is -0.137. The molecule has 4 rings (SSSR count). The second kappa shape index (κ2) is 11.2. The smallest absolute Gasteiger partial charge is 0.318 e. The molecule has 34 heavy (non-hydrogen) atoms. The van der Waals surface area contributed by atoms with Gasteiger partial charge < -0.3 is 15.3 Å². The molecule has 2 N–H and O–H groups in total. The number of rotatable bonds is 7. The van der Waals surface area contributed by atoms with E-state index in [2.05, 4.69) is 5.32 Å². The standard InChI is InChI=1S/C22H24ClN3O5S2.ClH/c23-20-6-5-18(32-20)8-11-33(30,31)26(14-21(27)28)19-7-10-25(22(19)29)17-4-3-16-13-24-9-1-2-15(16)12-17;/h3-6,8,11-12,19,24H,1-2,7,9-10,13-14H2,(H,27,28);1H/t19-;/m0./s1. The van der Waals surface area contributed by atoms with Crippen molar-refractivity contribution in [2.75, 3.05) is 24.5 Å². The number of aryl methyl sites for hydroxylation is 1. The van der Waals surface area contributed by atoms with Crippen LogP contribution in [0.15, 0.2) is 35.7 Å². The van der Waals surface area contributed by atoms with Gasteiger partial charge in [-0.2, -0.15) is 4.31 Å². The quantitative estimate of drug-likeness (QED) is 0.552. The fraction of sp³-hybridized carbons (Fsp3) is 0.364. The van der Waals surface area contributed by atoms with E-state index < -0.39 is 34.5 Å². The second-order valence-electron chi connectivity index (χ2n) is 7.96. The van der Waals surface area contributed by atoms with Crippen LogP contribution in [0.4, 0.5) is 5.69 Å². The molecule has 2 aliphatic rings. The Kier molecular flexibility index (Phi) is 8.77.